The number of methoxy groups -OCH3 is 2. The lowest BCUT2D eigenvalue weighted by molar-refractivity contribution is -0.127. The summed E-state index contributed by atoms with van der Waals surface area (Å²) < 4.78 is 10.6. The topological polar surface area (TPSA) is 156 Å². The maximum absolute atomic E-state index is 13.5. The van der Waals surface area contributed by atoms with Gasteiger partial charge in [-0.25, -0.2) is 0 Å². The van der Waals surface area contributed by atoms with Crippen LogP contribution in [0.25, 0.3) is 17.9 Å². The first-order chi connectivity index (χ1) is 18.2. The van der Waals surface area contributed by atoms with E-state index < -0.39 is 46.6 Å². The van der Waals surface area contributed by atoms with E-state index in [2.05, 4.69) is 0 Å². The van der Waals surface area contributed by atoms with Gasteiger partial charge in [0.2, 0.25) is 0 Å². The number of nitrogens with two attached hydrogens (primary N) is 1. The maximum atomic E-state index is 13.5. The van der Waals surface area contributed by atoms with Gasteiger partial charge in [0.05, 0.1) is 25.7 Å². The van der Waals surface area contributed by atoms with E-state index in [0.29, 0.717) is 29.9 Å². The molecule has 196 valence electrons. The largest absolute Gasteiger partial charge is 0.511 e. The Morgan fingerprint density at radius 1 is 1.00 bits per heavy atom. The molecule has 38 heavy (non-hydrogen) atoms. The van der Waals surface area contributed by atoms with Gasteiger partial charge in [-0.1, -0.05) is 24.3 Å². The average Bonchev–Trinajstić information content (AvgIpc) is 2.87. The van der Waals surface area contributed by atoms with Crippen LogP contribution in [0.4, 0.5) is 0 Å². The number of primary amides is 1. The molecular weight excluding hydrogens is 490 g/mol. The fraction of sp³-hybridized carbons (Fsp3) is 0.276. The zero-order valence-corrected chi connectivity index (χ0v) is 20.9. The van der Waals surface area contributed by atoms with Crippen molar-refractivity contribution in [2.24, 2.45) is 23.5 Å². The van der Waals surface area contributed by atoms with Crippen LogP contribution >= 0.6 is 0 Å². The van der Waals surface area contributed by atoms with Crippen molar-refractivity contribution < 1.29 is 39.2 Å². The minimum atomic E-state index is -1.14. The van der Waals surface area contributed by atoms with Crippen LogP contribution in [0.1, 0.15) is 35.1 Å². The molecule has 0 aromatic heterocycles. The Bertz CT molecular complexity index is 1480. The van der Waals surface area contributed by atoms with Crippen molar-refractivity contribution in [3.63, 3.8) is 0 Å². The molecule has 9 nitrogen and oxygen atoms in total. The summed E-state index contributed by atoms with van der Waals surface area (Å²) in [4.78, 5) is 37.7. The number of fused-ring (bicyclic) bond motifs is 3. The number of carbonyl (C=O) groups excluding carboxylic acids is 3. The number of aliphatic hydroxyl groups excluding tert-OH is 2. The summed E-state index contributed by atoms with van der Waals surface area (Å²) >= 11 is 0. The number of rotatable bonds is 5. The van der Waals surface area contributed by atoms with Crippen LogP contribution in [0.3, 0.4) is 0 Å². The number of ether oxygens (including phenoxy) is 2. The molecule has 1 fully saturated rings. The van der Waals surface area contributed by atoms with E-state index in [1.807, 2.05) is 24.3 Å². The average molecular weight is 518 g/mol. The highest BCUT2D eigenvalue weighted by molar-refractivity contribution is 6.21. The van der Waals surface area contributed by atoms with Crippen molar-refractivity contribution in [2.45, 2.75) is 19.3 Å². The third-order valence-corrected chi connectivity index (χ3v) is 7.67. The number of ketones is 2. The second kappa shape index (κ2) is 9.41. The molecule has 2 aromatic rings. The number of aromatic hydroxyl groups is 1. The quantitative estimate of drug-likeness (QED) is 0.347. The lowest BCUT2D eigenvalue weighted by Gasteiger charge is -2.41. The number of Topliss-reactive ketones (excluding diaryl/α,β-unsaturated/α-hetero) is 2. The number of phenols is 1. The molecule has 5 N–H and O–H groups in total. The minimum absolute atomic E-state index is 0.0831. The highest BCUT2D eigenvalue weighted by atomic mass is 16.5. The molecule has 3 aliphatic carbocycles. The van der Waals surface area contributed by atoms with E-state index in [4.69, 9.17) is 15.2 Å². The third-order valence-electron chi connectivity index (χ3n) is 7.67. The van der Waals surface area contributed by atoms with E-state index in [-0.39, 0.29) is 29.1 Å². The van der Waals surface area contributed by atoms with Gasteiger partial charge in [-0.2, -0.15) is 0 Å². The molecule has 3 aliphatic rings. The van der Waals surface area contributed by atoms with Gasteiger partial charge in [-0.15, -0.1) is 0 Å². The Morgan fingerprint density at radius 2 is 1.74 bits per heavy atom. The molecule has 0 radical (unpaired) electrons. The highest BCUT2D eigenvalue weighted by Gasteiger charge is 2.50. The first-order valence-electron chi connectivity index (χ1n) is 12.1. The van der Waals surface area contributed by atoms with Gasteiger partial charge < -0.3 is 30.5 Å². The zero-order chi connectivity index (χ0) is 27.3. The molecule has 2 unspecified atom stereocenters. The number of hydrogen-bond acceptors (Lipinski definition) is 8. The summed E-state index contributed by atoms with van der Waals surface area (Å²) in [6.45, 7) is 0. The fourth-order valence-electron chi connectivity index (χ4n) is 5.96. The van der Waals surface area contributed by atoms with Gasteiger partial charge in [0.1, 0.15) is 22.8 Å². The van der Waals surface area contributed by atoms with Crippen molar-refractivity contribution in [1.29, 1.82) is 0 Å². The summed E-state index contributed by atoms with van der Waals surface area (Å²) in [7, 11) is 3.11. The molecule has 0 aliphatic heterocycles. The summed E-state index contributed by atoms with van der Waals surface area (Å²) in [6.07, 6.45) is 4.29. The molecule has 0 saturated heterocycles. The standard InChI is InChI=1S/C29H27NO8/c1-37-20-8-4-13(9-21(20)38-2)3-5-14-6-7-18(31)24-17(14)11-15-10-16-12-19(32)25(29(30)36)28(35)23(16)26(33)22(15)27(24)34/h3-9,15-16,23,31,34-35H,10-12H2,1-2H3,(H2,30,36)/b5-3+/t15-,16?,23?/m1/s1. The van der Waals surface area contributed by atoms with Crippen molar-refractivity contribution in [3.05, 3.63) is 69.5 Å². The predicted molar refractivity (Wildman–Crippen MR) is 138 cm³/mol. The fourth-order valence-corrected chi connectivity index (χ4v) is 5.96. The summed E-state index contributed by atoms with van der Waals surface area (Å²) in [5.41, 5.74) is 7.20. The van der Waals surface area contributed by atoms with Crippen molar-refractivity contribution in [2.75, 3.05) is 14.2 Å². The van der Waals surface area contributed by atoms with E-state index >= 15 is 0 Å². The summed E-state index contributed by atoms with van der Waals surface area (Å²) in [5.74, 6) is -4.34. The van der Waals surface area contributed by atoms with Gasteiger partial charge in [-0.05, 0) is 59.6 Å². The zero-order valence-electron chi connectivity index (χ0n) is 20.9. The van der Waals surface area contributed by atoms with Gasteiger partial charge in [-0.3, -0.25) is 14.4 Å². The Morgan fingerprint density at radius 3 is 2.42 bits per heavy atom. The van der Waals surface area contributed by atoms with Crippen LogP contribution in [-0.4, -0.2) is 47.0 Å². The Labute approximate surface area is 218 Å². The van der Waals surface area contributed by atoms with Gasteiger partial charge in [0.25, 0.3) is 5.91 Å². The number of allylic oxidation sites excluding steroid dienone is 2. The van der Waals surface area contributed by atoms with Crippen LogP contribution in [0.5, 0.6) is 17.2 Å². The van der Waals surface area contributed by atoms with E-state index in [1.54, 1.807) is 26.4 Å². The molecule has 3 atom stereocenters. The van der Waals surface area contributed by atoms with Crippen molar-refractivity contribution in [1.82, 2.24) is 0 Å². The Kier molecular flexibility index (Phi) is 6.22. The van der Waals surface area contributed by atoms with Crippen molar-refractivity contribution >= 4 is 35.4 Å². The van der Waals surface area contributed by atoms with Crippen LogP contribution < -0.4 is 15.2 Å². The number of carbonyl (C=O) groups is 3. The molecule has 2 aromatic carbocycles. The summed E-state index contributed by atoms with van der Waals surface area (Å²) in [6, 6.07) is 8.64. The van der Waals surface area contributed by atoms with E-state index in [9.17, 15) is 29.7 Å². The normalized spacial score (nSPS) is 22.7. The molecule has 1 saturated carbocycles. The monoisotopic (exact) mass is 517 g/mol. The minimum Gasteiger partial charge on any atom is -0.511 e. The molecule has 0 spiro atoms. The second-order valence-electron chi connectivity index (χ2n) is 9.73. The van der Waals surface area contributed by atoms with Crippen molar-refractivity contribution in [3.8, 4) is 17.2 Å². The summed E-state index contributed by atoms with van der Waals surface area (Å²) in [5, 5.41) is 32.5. The number of benzene rings is 2. The molecule has 0 heterocycles. The number of amides is 1. The Hall–Kier alpha value is -4.53. The van der Waals surface area contributed by atoms with Crippen LogP contribution in [0.2, 0.25) is 0 Å². The van der Waals surface area contributed by atoms with Crippen LogP contribution in [0.15, 0.2) is 47.2 Å². The Balaban J connectivity index is 1.56. The predicted octanol–water partition coefficient (Wildman–Crippen LogP) is 3.50. The number of hydrogen-bond donors (Lipinski definition) is 4. The maximum Gasteiger partial charge on any atom is 0.255 e. The molecule has 1 amide bonds. The highest BCUT2D eigenvalue weighted by Crippen LogP contribution is 2.50. The number of aliphatic hydroxyl groups is 2. The molecule has 9 heteroatoms. The molecule has 5 rings (SSSR count). The third kappa shape index (κ3) is 3.91. The number of phenolic OH excluding ortho intramolecular Hbond substituents is 1. The van der Waals surface area contributed by atoms with Gasteiger partial charge in [0, 0.05) is 12.0 Å². The second-order valence-corrected chi connectivity index (χ2v) is 9.73. The van der Waals surface area contributed by atoms with Gasteiger partial charge in [0.15, 0.2) is 23.1 Å². The van der Waals surface area contributed by atoms with E-state index in [1.165, 1.54) is 6.07 Å². The van der Waals surface area contributed by atoms with Crippen LogP contribution in [-0.2, 0) is 20.8 Å². The first kappa shape index (κ1) is 25.1. The van der Waals surface area contributed by atoms with Crippen LogP contribution in [0, 0.1) is 17.8 Å². The van der Waals surface area contributed by atoms with E-state index in [0.717, 1.165) is 11.1 Å². The first-order valence-corrected chi connectivity index (χ1v) is 12.1. The smallest absolute Gasteiger partial charge is 0.255 e. The molecular formula is C29H27NO8. The van der Waals surface area contributed by atoms with Gasteiger partial charge >= 0.3 is 0 Å². The lowest BCUT2D eigenvalue weighted by Crippen LogP contribution is -2.44. The SMILES string of the molecule is COc1ccc(/C=C/c2ccc(O)c3c2C[C@H]2CC4CC(=O)C(C(N)=O)=C(O)C4C(=O)C2=C3O)cc1OC. The molecule has 0 bridgehead atoms. The lowest BCUT2D eigenvalue weighted by atomic mass is 9.61.